The summed E-state index contributed by atoms with van der Waals surface area (Å²) in [7, 11) is 2.98. The Kier molecular flexibility index (Phi) is 4.94. The van der Waals surface area contributed by atoms with E-state index < -0.39 is 11.8 Å². The number of carbonyl (C=O) groups excluding carboxylic acids is 3. The summed E-state index contributed by atoms with van der Waals surface area (Å²) in [6.45, 7) is 0. The fraction of sp³-hybridized carbons (Fsp3) is 0.278. The molecule has 0 saturated carbocycles. The predicted molar refractivity (Wildman–Crippen MR) is 97.4 cm³/mol. The summed E-state index contributed by atoms with van der Waals surface area (Å²) in [6.07, 6.45) is 1.11. The van der Waals surface area contributed by atoms with E-state index in [2.05, 4.69) is 5.32 Å². The molecule has 0 unspecified atom stereocenters. The topological polar surface area (TPSA) is 108 Å². The number of carbonyl (C=O) groups is 3. The van der Waals surface area contributed by atoms with Crippen LogP contribution in [-0.4, -0.2) is 31.8 Å². The molecule has 2 amide bonds. The van der Waals surface area contributed by atoms with Gasteiger partial charge in [-0.2, -0.15) is 0 Å². The average Bonchev–Trinajstić information content (AvgIpc) is 2.97. The molecule has 1 aliphatic rings. The minimum absolute atomic E-state index is 0.116. The normalized spacial score (nSPS) is 13.1. The number of fused-ring (bicyclic) bond motifs is 1. The van der Waals surface area contributed by atoms with Crippen LogP contribution in [0.5, 0.6) is 11.5 Å². The van der Waals surface area contributed by atoms with E-state index in [-0.39, 0.29) is 12.2 Å². The van der Waals surface area contributed by atoms with Gasteiger partial charge in [0.2, 0.25) is 0 Å². The first-order chi connectivity index (χ1) is 12.4. The van der Waals surface area contributed by atoms with E-state index in [4.69, 9.17) is 15.2 Å². The minimum atomic E-state index is -0.615. The van der Waals surface area contributed by atoms with Crippen molar-refractivity contribution >= 4 is 33.9 Å². The lowest BCUT2D eigenvalue weighted by atomic mass is 9.94. The Bertz CT molecular complexity index is 881. The smallest absolute Gasteiger partial charge is 0.256 e. The molecule has 0 bridgehead atoms. The van der Waals surface area contributed by atoms with Gasteiger partial charge in [0.25, 0.3) is 11.8 Å². The summed E-state index contributed by atoms with van der Waals surface area (Å²) in [5.41, 5.74) is 6.89. The van der Waals surface area contributed by atoms with Gasteiger partial charge in [-0.25, -0.2) is 0 Å². The Morgan fingerprint density at radius 3 is 2.35 bits per heavy atom. The Labute approximate surface area is 154 Å². The number of amides is 2. The molecule has 1 aromatic heterocycles. The van der Waals surface area contributed by atoms with Gasteiger partial charge in [0.05, 0.1) is 19.8 Å². The second-order valence-electron chi connectivity index (χ2n) is 5.84. The van der Waals surface area contributed by atoms with Crippen LogP contribution in [0.3, 0.4) is 0 Å². The molecule has 0 spiro atoms. The summed E-state index contributed by atoms with van der Waals surface area (Å²) in [4.78, 5) is 37.0. The molecule has 136 valence electrons. The van der Waals surface area contributed by atoms with E-state index >= 15 is 0 Å². The molecule has 3 N–H and O–H groups in total. The molecule has 7 nitrogen and oxygen atoms in total. The van der Waals surface area contributed by atoms with Gasteiger partial charge in [0.15, 0.2) is 0 Å². The zero-order chi connectivity index (χ0) is 18.8. The Hall–Kier alpha value is -2.87. The SMILES string of the molecule is COc1cc(OC)cc(C(=O)Nc2sc3c(c2C(N)=O)CCC(=O)C3)c1. The summed E-state index contributed by atoms with van der Waals surface area (Å²) >= 11 is 1.22. The van der Waals surface area contributed by atoms with Crippen molar-refractivity contribution in [2.75, 3.05) is 19.5 Å². The number of nitrogens with two attached hydrogens (primary N) is 1. The van der Waals surface area contributed by atoms with Crippen LogP contribution in [0.15, 0.2) is 18.2 Å². The van der Waals surface area contributed by atoms with Crippen LogP contribution in [0.4, 0.5) is 5.00 Å². The number of hydrogen-bond acceptors (Lipinski definition) is 6. The highest BCUT2D eigenvalue weighted by Crippen LogP contribution is 2.37. The lowest BCUT2D eigenvalue weighted by Crippen LogP contribution is -2.19. The number of thiophene rings is 1. The van der Waals surface area contributed by atoms with Gasteiger partial charge in [-0.3, -0.25) is 14.4 Å². The number of ether oxygens (including phenoxy) is 2. The molecule has 26 heavy (non-hydrogen) atoms. The molecule has 0 radical (unpaired) electrons. The third-order valence-electron chi connectivity index (χ3n) is 4.19. The molecule has 0 atom stereocenters. The number of methoxy groups -OCH3 is 2. The van der Waals surface area contributed by atoms with Crippen molar-refractivity contribution in [2.24, 2.45) is 5.73 Å². The van der Waals surface area contributed by atoms with Gasteiger partial charge in [0, 0.05) is 29.3 Å². The fourth-order valence-electron chi connectivity index (χ4n) is 2.91. The molecule has 8 heteroatoms. The highest BCUT2D eigenvalue weighted by Gasteiger charge is 2.28. The molecular weight excluding hydrogens is 356 g/mol. The van der Waals surface area contributed by atoms with Crippen LogP contribution in [0.2, 0.25) is 0 Å². The zero-order valence-electron chi connectivity index (χ0n) is 14.4. The number of Topliss-reactive ketones (excluding diaryl/α,β-unsaturated/α-hetero) is 1. The van der Waals surface area contributed by atoms with E-state index in [1.807, 2.05) is 0 Å². The standard InChI is InChI=1S/C18H18N2O5S/c1-24-11-5-9(6-12(8-11)25-2)17(23)20-18-15(16(19)22)13-4-3-10(21)7-14(13)26-18/h5-6,8H,3-4,7H2,1-2H3,(H2,19,22)(H,20,23). The van der Waals surface area contributed by atoms with Crippen molar-refractivity contribution in [3.8, 4) is 11.5 Å². The van der Waals surface area contributed by atoms with Gasteiger partial charge in [-0.15, -0.1) is 11.3 Å². The van der Waals surface area contributed by atoms with E-state index in [1.165, 1.54) is 25.6 Å². The largest absolute Gasteiger partial charge is 0.497 e. The summed E-state index contributed by atoms with van der Waals surface area (Å²) in [5.74, 6) is 0.0246. The van der Waals surface area contributed by atoms with E-state index in [0.717, 1.165) is 10.4 Å². The van der Waals surface area contributed by atoms with Crippen LogP contribution in [-0.2, 0) is 17.6 Å². The lowest BCUT2D eigenvalue weighted by Gasteiger charge is -2.11. The predicted octanol–water partition coefficient (Wildman–Crippen LogP) is 2.17. The number of rotatable bonds is 5. The molecule has 1 heterocycles. The second-order valence-corrected chi connectivity index (χ2v) is 6.95. The van der Waals surface area contributed by atoms with Crippen molar-refractivity contribution in [1.82, 2.24) is 0 Å². The second kappa shape index (κ2) is 7.17. The van der Waals surface area contributed by atoms with Gasteiger partial charge in [0.1, 0.15) is 22.3 Å². The minimum Gasteiger partial charge on any atom is -0.497 e. The summed E-state index contributed by atoms with van der Waals surface area (Å²) in [5, 5.41) is 3.10. The van der Waals surface area contributed by atoms with Gasteiger partial charge in [-0.05, 0) is 24.1 Å². The van der Waals surface area contributed by atoms with Gasteiger partial charge in [-0.1, -0.05) is 0 Å². The van der Waals surface area contributed by atoms with Crippen LogP contribution < -0.4 is 20.5 Å². The molecule has 2 aromatic rings. The van der Waals surface area contributed by atoms with E-state index in [1.54, 1.807) is 18.2 Å². The number of nitrogens with one attached hydrogen (secondary N) is 1. The Balaban J connectivity index is 1.95. The first kappa shape index (κ1) is 17.9. The quantitative estimate of drug-likeness (QED) is 0.834. The fourth-order valence-corrected chi connectivity index (χ4v) is 4.19. The summed E-state index contributed by atoms with van der Waals surface area (Å²) in [6, 6.07) is 4.79. The molecule has 1 aliphatic carbocycles. The van der Waals surface area contributed by atoms with Gasteiger partial charge >= 0.3 is 0 Å². The molecule has 3 rings (SSSR count). The third-order valence-corrected chi connectivity index (χ3v) is 5.34. The molecule has 0 aliphatic heterocycles. The third kappa shape index (κ3) is 3.41. The maximum absolute atomic E-state index is 12.7. The van der Waals surface area contributed by atoms with Crippen molar-refractivity contribution in [1.29, 1.82) is 0 Å². The molecular formula is C18H18N2O5S. The highest BCUT2D eigenvalue weighted by atomic mass is 32.1. The monoisotopic (exact) mass is 374 g/mol. The lowest BCUT2D eigenvalue weighted by molar-refractivity contribution is -0.118. The number of ketones is 1. The highest BCUT2D eigenvalue weighted by molar-refractivity contribution is 7.17. The zero-order valence-corrected chi connectivity index (χ0v) is 15.2. The Morgan fingerprint density at radius 1 is 1.12 bits per heavy atom. The Morgan fingerprint density at radius 2 is 1.77 bits per heavy atom. The van der Waals surface area contributed by atoms with Crippen molar-refractivity contribution in [3.05, 3.63) is 39.8 Å². The van der Waals surface area contributed by atoms with Crippen LogP contribution in [0.25, 0.3) is 0 Å². The van der Waals surface area contributed by atoms with Crippen LogP contribution in [0.1, 0.15) is 37.6 Å². The number of anilines is 1. The molecule has 1 aromatic carbocycles. The maximum Gasteiger partial charge on any atom is 0.256 e. The van der Waals surface area contributed by atoms with Crippen molar-refractivity contribution in [3.63, 3.8) is 0 Å². The average molecular weight is 374 g/mol. The molecule has 0 fully saturated rings. The van der Waals surface area contributed by atoms with Crippen LogP contribution >= 0.6 is 11.3 Å². The number of primary amides is 1. The van der Waals surface area contributed by atoms with Crippen molar-refractivity contribution in [2.45, 2.75) is 19.3 Å². The summed E-state index contributed by atoms with van der Waals surface area (Å²) < 4.78 is 10.3. The maximum atomic E-state index is 12.7. The number of hydrogen-bond donors (Lipinski definition) is 2. The first-order valence-electron chi connectivity index (χ1n) is 7.93. The molecule has 0 saturated heterocycles. The van der Waals surface area contributed by atoms with Crippen LogP contribution in [0, 0.1) is 0 Å². The first-order valence-corrected chi connectivity index (χ1v) is 8.75. The number of benzene rings is 1. The van der Waals surface area contributed by atoms with E-state index in [0.29, 0.717) is 40.5 Å². The van der Waals surface area contributed by atoms with Crippen molar-refractivity contribution < 1.29 is 23.9 Å². The van der Waals surface area contributed by atoms with Gasteiger partial charge < -0.3 is 20.5 Å². The van der Waals surface area contributed by atoms with E-state index in [9.17, 15) is 14.4 Å².